The van der Waals surface area contributed by atoms with E-state index in [1.807, 2.05) is 33.2 Å². The molecule has 0 aliphatic heterocycles. The zero-order valence-electron chi connectivity index (χ0n) is 11.3. The molecule has 2 aromatic rings. The van der Waals surface area contributed by atoms with E-state index in [-0.39, 0.29) is 6.04 Å². The largest absolute Gasteiger partial charge is 0.271 e. The summed E-state index contributed by atoms with van der Waals surface area (Å²) >= 11 is 6.26. The molecular weight excluding hydrogens is 262 g/mol. The first-order valence-corrected chi connectivity index (χ1v) is 6.47. The normalized spacial score (nSPS) is 12.7. The molecule has 0 fully saturated rings. The van der Waals surface area contributed by atoms with Gasteiger partial charge in [0.05, 0.1) is 11.7 Å². The Morgan fingerprint density at radius 2 is 2.21 bits per heavy atom. The summed E-state index contributed by atoms with van der Waals surface area (Å²) in [5.74, 6) is 5.68. The van der Waals surface area contributed by atoms with Crippen molar-refractivity contribution < 1.29 is 0 Å². The van der Waals surface area contributed by atoms with Crippen LogP contribution < -0.4 is 11.3 Å². The van der Waals surface area contributed by atoms with Crippen molar-refractivity contribution in [3.8, 4) is 0 Å². The summed E-state index contributed by atoms with van der Waals surface area (Å²) in [4.78, 5) is 4.16. The second-order valence-electron chi connectivity index (χ2n) is 4.63. The number of hydrazine groups is 1. The van der Waals surface area contributed by atoms with Crippen LogP contribution in [0, 0.1) is 13.8 Å². The Labute approximate surface area is 117 Å². The maximum Gasteiger partial charge on any atom is 0.130 e. The van der Waals surface area contributed by atoms with Crippen LogP contribution in [-0.2, 0) is 13.5 Å². The van der Waals surface area contributed by atoms with E-state index in [4.69, 9.17) is 17.4 Å². The van der Waals surface area contributed by atoms with Gasteiger partial charge < -0.3 is 0 Å². The molecule has 0 radical (unpaired) electrons. The van der Waals surface area contributed by atoms with Crippen LogP contribution in [-0.4, -0.2) is 14.8 Å². The van der Waals surface area contributed by atoms with E-state index in [9.17, 15) is 0 Å². The molecular formula is C13H18ClN5. The lowest BCUT2D eigenvalue weighted by Crippen LogP contribution is -2.30. The molecule has 2 aromatic heterocycles. The molecule has 0 bridgehead atoms. The third kappa shape index (κ3) is 2.78. The van der Waals surface area contributed by atoms with Crippen molar-refractivity contribution >= 4 is 11.6 Å². The maximum atomic E-state index is 6.26. The van der Waals surface area contributed by atoms with Crippen molar-refractivity contribution in [1.82, 2.24) is 20.2 Å². The minimum atomic E-state index is -0.0332. The highest BCUT2D eigenvalue weighted by Crippen LogP contribution is 2.26. The summed E-state index contributed by atoms with van der Waals surface area (Å²) in [6, 6.07) is 1.94. The Balaban J connectivity index is 2.32. The number of nitrogens with one attached hydrogen (secondary N) is 1. The third-order valence-corrected chi connectivity index (χ3v) is 3.81. The van der Waals surface area contributed by atoms with Crippen LogP contribution in [0.3, 0.4) is 0 Å². The van der Waals surface area contributed by atoms with E-state index in [1.54, 1.807) is 10.9 Å². The predicted octanol–water partition coefficient (Wildman–Crippen LogP) is 1.83. The van der Waals surface area contributed by atoms with E-state index in [0.29, 0.717) is 11.6 Å². The van der Waals surface area contributed by atoms with E-state index in [1.165, 1.54) is 0 Å². The number of hydrogen-bond donors (Lipinski definition) is 2. The molecule has 0 saturated carbocycles. The maximum absolute atomic E-state index is 6.26. The fraction of sp³-hybridized carbons (Fsp3) is 0.385. The van der Waals surface area contributed by atoms with Crippen molar-refractivity contribution in [2.24, 2.45) is 12.9 Å². The molecule has 0 spiro atoms. The van der Waals surface area contributed by atoms with Crippen LogP contribution >= 0.6 is 11.6 Å². The number of pyridine rings is 1. The molecule has 0 aliphatic carbocycles. The van der Waals surface area contributed by atoms with Gasteiger partial charge in [-0.05, 0) is 37.5 Å². The average Bonchev–Trinajstić information content (AvgIpc) is 2.63. The standard InChI is InChI=1S/C13H18ClN5/c1-8-4-5-16-7-11(8)12(17-15)6-10-9(2)18-19(3)13(10)14/h4-5,7,12,17H,6,15H2,1-3H3. The first-order valence-electron chi connectivity index (χ1n) is 6.09. The number of nitrogens with zero attached hydrogens (tertiary/aromatic N) is 3. The lowest BCUT2D eigenvalue weighted by Gasteiger charge is -2.18. The molecule has 6 heteroatoms. The van der Waals surface area contributed by atoms with Gasteiger partial charge in [0, 0.05) is 25.0 Å². The van der Waals surface area contributed by atoms with Crippen molar-refractivity contribution in [3.05, 3.63) is 46.0 Å². The average molecular weight is 280 g/mol. The summed E-state index contributed by atoms with van der Waals surface area (Å²) < 4.78 is 1.68. The van der Waals surface area contributed by atoms with Gasteiger partial charge in [0.2, 0.25) is 0 Å². The minimum Gasteiger partial charge on any atom is -0.271 e. The van der Waals surface area contributed by atoms with Crippen LogP contribution in [0.4, 0.5) is 0 Å². The molecule has 0 amide bonds. The first-order chi connectivity index (χ1) is 9.04. The number of halogens is 1. The van der Waals surface area contributed by atoms with Crippen LogP contribution in [0.1, 0.15) is 28.4 Å². The number of aromatic nitrogens is 3. The van der Waals surface area contributed by atoms with Gasteiger partial charge in [0.15, 0.2) is 0 Å². The Morgan fingerprint density at radius 1 is 1.47 bits per heavy atom. The van der Waals surface area contributed by atoms with Crippen LogP contribution in [0.5, 0.6) is 0 Å². The summed E-state index contributed by atoms with van der Waals surface area (Å²) in [6.07, 6.45) is 4.29. The van der Waals surface area contributed by atoms with Gasteiger partial charge in [-0.1, -0.05) is 11.6 Å². The van der Waals surface area contributed by atoms with Crippen molar-refractivity contribution in [3.63, 3.8) is 0 Å². The SMILES string of the molecule is Cc1ccncc1C(Cc1c(C)nn(C)c1Cl)NN. The van der Waals surface area contributed by atoms with E-state index < -0.39 is 0 Å². The van der Waals surface area contributed by atoms with Crippen LogP contribution in [0.25, 0.3) is 0 Å². The van der Waals surface area contributed by atoms with E-state index >= 15 is 0 Å². The molecule has 3 N–H and O–H groups in total. The van der Waals surface area contributed by atoms with Gasteiger partial charge in [-0.15, -0.1) is 0 Å². The number of hydrogen-bond acceptors (Lipinski definition) is 4. The zero-order chi connectivity index (χ0) is 14.0. The van der Waals surface area contributed by atoms with Gasteiger partial charge in [-0.2, -0.15) is 5.10 Å². The number of nitrogens with two attached hydrogens (primary N) is 1. The van der Waals surface area contributed by atoms with Crippen molar-refractivity contribution in [2.45, 2.75) is 26.3 Å². The summed E-state index contributed by atoms with van der Waals surface area (Å²) in [6.45, 7) is 3.99. The smallest absolute Gasteiger partial charge is 0.130 e. The lowest BCUT2D eigenvalue weighted by atomic mass is 9.98. The fourth-order valence-corrected chi connectivity index (χ4v) is 2.46. The van der Waals surface area contributed by atoms with Crippen molar-refractivity contribution in [1.29, 1.82) is 0 Å². The molecule has 5 nitrogen and oxygen atoms in total. The highest BCUT2D eigenvalue weighted by atomic mass is 35.5. The van der Waals surface area contributed by atoms with Gasteiger partial charge in [0.25, 0.3) is 0 Å². The molecule has 1 unspecified atom stereocenters. The Hall–Kier alpha value is -1.43. The first kappa shape index (κ1) is 14.0. The monoisotopic (exact) mass is 279 g/mol. The van der Waals surface area contributed by atoms with Crippen molar-refractivity contribution in [2.75, 3.05) is 0 Å². The zero-order valence-corrected chi connectivity index (χ0v) is 12.1. The van der Waals surface area contributed by atoms with Gasteiger partial charge in [-0.25, -0.2) is 0 Å². The highest BCUT2D eigenvalue weighted by Gasteiger charge is 2.19. The highest BCUT2D eigenvalue weighted by molar-refractivity contribution is 6.30. The quantitative estimate of drug-likeness (QED) is 0.662. The Morgan fingerprint density at radius 3 is 2.74 bits per heavy atom. The molecule has 102 valence electrons. The topological polar surface area (TPSA) is 68.8 Å². The molecule has 0 aromatic carbocycles. The Bertz CT molecular complexity index is 578. The van der Waals surface area contributed by atoms with Crippen LogP contribution in [0.2, 0.25) is 5.15 Å². The fourth-order valence-electron chi connectivity index (χ4n) is 2.21. The molecule has 0 aliphatic rings. The number of aryl methyl sites for hydroxylation is 3. The molecule has 2 heterocycles. The predicted molar refractivity (Wildman–Crippen MR) is 75.7 cm³/mol. The van der Waals surface area contributed by atoms with E-state index in [0.717, 1.165) is 22.4 Å². The molecule has 19 heavy (non-hydrogen) atoms. The van der Waals surface area contributed by atoms with Gasteiger partial charge in [-0.3, -0.25) is 20.9 Å². The number of rotatable bonds is 4. The summed E-state index contributed by atoms with van der Waals surface area (Å²) in [5, 5.41) is 4.97. The second kappa shape index (κ2) is 5.69. The molecule has 0 saturated heterocycles. The van der Waals surface area contributed by atoms with Crippen LogP contribution in [0.15, 0.2) is 18.5 Å². The van der Waals surface area contributed by atoms with Gasteiger partial charge in [0.1, 0.15) is 5.15 Å². The summed E-state index contributed by atoms with van der Waals surface area (Å²) in [7, 11) is 1.83. The second-order valence-corrected chi connectivity index (χ2v) is 4.99. The summed E-state index contributed by atoms with van der Waals surface area (Å²) in [5.41, 5.74) is 6.99. The molecule has 1 atom stereocenters. The molecule has 2 rings (SSSR count). The van der Waals surface area contributed by atoms with E-state index in [2.05, 4.69) is 15.5 Å². The van der Waals surface area contributed by atoms with Gasteiger partial charge >= 0.3 is 0 Å². The lowest BCUT2D eigenvalue weighted by molar-refractivity contribution is 0.546. The third-order valence-electron chi connectivity index (χ3n) is 3.33. The minimum absolute atomic E-state index is 0.0332. The Kier molecular flexibility index (Phi) is 4.19.